The molecule has 0 bridgehead atoms. The number of nitrogens with two attached hydrogens (primary N) is 1. The molecule has 0 spiro atoms. The molecule has 72 valence electrons. The Morgan fingerprint density at radius 2 is 2.15 bits per heavy atom. The minimum Gasteiger partial charge on any atom is -0.466 e. The highest BCUT2D eigenvalue weighted by molar-refractivity contribution is 5.34. The second-order valence-corrected chi connectivity index (χ2v) is 3.23. The van der Waals surface area contributed by atoms with E-state index in [-0.39, 0.29) is 0 Å². The van der Waals surface area contributed by atoms with Gasteiger partial charge in [-0.05, 0) is 0 Å². The Hall–Kier alpha value is -1.00. The van der Waals surface area contributed by atoms with Crippen molar-refractivity contribution in [3.63, 3.8) is 0 Å². The van der Waals surface area contributed by atoms with E-state index in [1.165, 1.54) is 0 Å². The number of ether oxygens (including phenoxy) is 1. The largest absolute Gasteiger partial charge is 0.466 e. The second kappa shape index (κ2) is 3.81. The molecule has 0 atom stereocenters. The Bertz CT molecular complexity index is 266. The van der Waals surface area contributed by atoms with Gasteiger partial charge in [-0.2, -0.15) is 0 Å². The average Bonchev–Trinajstić information content (AvgIpc) is 2.53. The summed E-state index contributed by atoms with van der Waals surface area (Å²) in [7, 11) is 0. The third-order valence-electron chi connectivity index (χ3n) is 2.16. The van der Waals surface area contributed by atoms with Gasteiger partial charge in [0, 0.05) is 19.2 Å². The lowest BCUT2D eigenvalue weighted by atomic mass is 10.3. The summed E-state index contributed by atoms with van der Waals surface area (Å²) in [5.41, 5.74) is 6.24. The first-order chi connectivity index (χ1) is 6.34. The summed E-state index contributed by atoms with van der Waals surface area (Å²) >= 11 is 0. The Balaban J connectivity index is 1.89. The summed E-state index contributed by atoms with van der Waals surface area (Å²) in [5.74, 6) is 0.930. The first-order valence-electron chi connectivity index (χ1n) is 4.47. The number of morpholine rings is 1. The molecule has 4 heteroatoms. The number of furan rings is 1. The van der Waals surface area contributed by atoms with E-state index in [0.29, 0.717) is 5.69 Å². The van der Waals surface area contributed by atoms with Crippen molar-refractivity contribution in [1.82, 2.24) is 4.90 Å². The van der Waals surface area contributed by atoms with E-state index in [1.807, 2.05) is 6.07 Å². The first kappa shape index (κ1) is 8.59. The lowest BCUT2D eigenvalue weighted by Crippen LogP contribution is -2.35. The zero-order chi connectivity index (χ0) is 9.10. The lowest BCUT2D eigenvalue weighted by molar-refractivity contribution is 0.0313. The molecule has 2 rings (SSSR count). The van der Waals surface area contributed by atoms with Crippen LogP contribution in [0.5, 0.6) is 0 Å². The molecule has 0 aliphatic carbocycles. The third kappa shape index (κ3) is 2.23. The van der Waals surface area contributed by atoms with E-state index in [9.17, 15) is 0 Å². The van der Waals surface area contributed by atoms with Gasteiger partial charge in [0.15, 0.2) is 0 Å². The maximum Gasteiger partial charge on any atom is 0.119 e. The van der Waals surface area contributed by atoms with Crippen LogP contribution in [0.25, 0.3) is 0 Å². The van der Waals surface area contributed by atoms with Crippen LogP contribution in [-0.4, -0.2) is 31.2 Å². The fourth-order valence-corrected chi connectivity index (χ4v) is 1.46. The van der Waals surface area contributed by atoms with Crippen molar-refractivity contribution in [2.24, 2.45) is 0 Å². The van der Waals surface area contributed by atoms with Crippen LogP contribution < -0.4 is 5.73 Å². The molecule has 1 aliphatic heterocycles. The number of anilines is 1. The molecular weight excluding hydrogens is 168 g/mol. The summed E-state index contributed by atoms with van der Waals surface area (Å²) in [6, 6.07) is 1.87. The van der Waals surface area contributed by atoms with Gasteiger partial charge in [-0.25, -0.2) is 0 Å². The molecule has 0 saturated carbocycles. The van der Waals surface area contributed by atoms with Crippen LogP contribution in [0.2, 0.25) is 0 Å². The minimum atomic E-state index is 0.697. The highest BCUT2D eigenvalue weighted by Gasteiger charge is 2.12. The number of nitrogens with zero attached hydrogens (tertiary/aromatic N) is 1. The Morgan fingerprint density at radius 3 is 2.77 bits per heavy atom. The molecule has 1 fully saturated rings. The van der Waals surface area contributed by atoms with E-state index < -0.39 is 0 Å². The van der Waals surface area contributed by atoms with Crippen molar-refractivity contribution < 1.29 is 9.15 Å². The van der Waals surface area contributed by atoms with Crippen molar-refractivity contribution >= 4 is 5.69 Å². The molecule has 1 aromatic rings. The predicted molar refractivity (Wildman–Crippen MR) is 49.2 cm³/mol. The van der Waals surface area contributed by atoms with E-state index in [1.54, 1.807) is 6.26 Å². The highest BCUT2D eigenvalue weighted by Crippen LogP contribution is 2.12. The molecule has 0 radical (unpaired) electrons. The van der Waals surface area contributed by atoms with Crippen LogP contribution in [0.4, 0.5) is 5.69 Å². The quantitative estimate of drug-likeness (QED) is 0.731. The van der Waals surface area contributed by atoms with Gasteiger partial charge < -0.3 is 14.9 Å². The lowest BCUT2D eigenvalue weighted by Gasteiger charge is -2.25. The first-order valence-corrected chi connectivity index (χ1v) is 4.47. The zero-order valence-electron chi connectivity index (χ0n) is 7.53. The van der Waals surface area contributed by atoms with Gasteiger partial charge >= 0.3 is 0 Å². The molecule has 0 amide bonds. The van der Waals surface area contributed by atoms with Crippen LogP contribution in [0.1, 0.15) is 5.76 Å². The Kier molecular flexibility index (Phi) is 2.52. The molecule has 1 aliphatic rings. The third-order valence-corrected chi connectivity index (χ3v) is 2.16. The van der Waals surface area contributed by atoms with Crippen molar-refractivity contribution in [2.45, 2.75) is 6.54 Å². The molecular formula is C9H14N2O2. The maximum atomic E-state index is 5.55. The van der Waals surface area contributed by atoms with Crippen molar-refractivity contribution in [1.29, 1.82) is 0 Å². The van der Waals surface area contributed by atoms with Gasteiger partial charge in [-0.3, -0.25) is 4.90 Å². The molecule has 0 unspecified atom stereocenters. The molecule has 2 heterocycles. The fourth-order valence-electron chi connectivity index (χ4n) is 1.46. The predicted octanol–water partition coefficient (Wildman–Crippen LogP) is 0.694. The van der Waals surface area contributed by atoms with E-state index >= 15 is 0 Å². The number of rotatable bonds is 2. The Labute approximate surface area is 77.3 Å². The van der Waals surface area contributed by atoms with Crippen LogP contribution in [0.3, 0.4) is 0 Å². The number of nitrogen functional groups attached to an aromatic ring is 1. The zero-order valence-corrected chi connectivity index (χ0v) is 7.53. The van der Waals surface area contributed by atoms with Gasteiger partial charge in [-0.1, -0.05) is 0 Å². The topological polar surface area (TPSA) is 51.6 Å². The monoisotopic (exact) mass is 182 g/mol. The molecule has 4 nitrogen and oxygen atoms in total. The van der Waals surface area contributed by atoms with Crippen LogP contribution in [0.15, 0.2) is 16.7 Å². The van der Waals surface area contributed by atoms with Crippen molar-refractivity contribution in [3.05, 3.63) is 18.1 Å². The van der Waals surface area contributed by atoms with Gasteiger partial charge in [-0.15, -0.1) is 0 Å². The van der Waals surface area contributed by atoms with Crippen LogP contribution in [-0.2, 0) is 11.3 Å². The molecule has 2 N–H and O–H groups in total. The second-order valence-electron chi connectivity index (χ2n) is 3.23. The van der Waals surface area contributed by atoms with Crippen LogP contribution in [0, 0.1) is 0 Å². The van der Waals surface area contributed by atoms with Gasteiger partial charge in [0.05, 0.1) is 25.4 Å². The average molecular weight is 182 g/mol. The van der Waals surface area contributed by atoms with E-state index in [0.717, 1.165) is 38.6 Å². The molecule has 0 aromatic carbocycles. The van der Waals surface area contributed by atoms with E-state index in [4.69, 9.17) is 14.9 Å². The minimum absolute atomic E-state index is 0.697. The standard InChI is InChI=1S/C9H14N2O2/c10-8-5-9(13-7-8)6-11-1-3-12-4-2-11/h5,7H,1-4,6,10H2. The van der Waals surface area contributed by atoms with Crippen LogP contribution >= 0.6 is 0 Å². The van der Waals surface area contributed by atoms with Crippen molar-refractivity contribution in [2.75, 3.05) is 32.0 Å². The van der Waals surface area contributed by atoms with Gasteiger partial charge in [0.2, 0.25) is 0 Å². The number of hydrogen-bond acceptors (Lipinski definition) is 4. The molecule has 13 heavy (non-hydrogen) atoms. The smallest absolute Gasteiger partial charge is 0.119 e. The highest BCUT2D eigenvalue weighted by atomic mass is 16.5. The van der Waals surface area contributed by atoms with Gasteiger partial charge in [0.1, 0.15) is 12.0 Å². The fraction of sp³-hybridized carbons (Fsp3) is 0.556. The summed E-state index contributed by atoms with van der Waals surface area (Å²) < 4.78 is 10.5. The summed E-state index contributed by atoms with van der Waals surface area (Å²) in [5, 5.41) is 0. The summed E-state index contributed by atoms with van der Waals surface area (Å²) in [4.78, 5) is 2.29. The van der Waals surface area contributed by atoms with Crippen molar-refractivity contribution in [3.8, 4) is 0 Å². The maximum absolute atomic E-state index is 5.55. The SMILES string of the molecule is Nc1coc(CN2CCOCC2)c1. The molecule has 1 saturated heterocycles. The molecule has 1 aromatic heterocycles. The number of hydrogen-bond donors (Lipinski definition) is 1. The van der Waals surface area contributed by atoms with E-state index in [2.05, 4.69) is 4.90 Å². The Morgan fingerprint density at radius 1 is 1.38 bits per heavy atom. The van der Waals surface area contributed by atoms with Gasteiger partial charge in [0.25, 0.3) is 0 Å². The normalized spacial score (nSPS) is 19.1. The summed E-state index contributed by atoms with van der Waals surface area (Å²) in [6.45, 7) is 4.41. The summed E-state index contributed by atoms with van der Waals surface area (Å²) in [6.07, 6.45) is 1.58.